The van der Waals surface area contributed by atoms with Gasteiger partial charge >= 0.3 is 6.18 Å². The Labute approximate surface area is 119 Å². The Kier molecular flexibility index (Phi) is 5.89. The third kappa shape index (κ3) is 4.55. The van der Waals surface area contributed by atoms with Crippen molar-refractivity contribution >= 4 is 15.9 Å². The molecule has 1 unspecified atom stereocenters. The summed E-state index contributed by atoms with van der Waals surface area (Å²) in [6.07, 6.45) is -3.01. The third-order valence-electron chi connectivity index (χ3n) is 2.78. The van der Waals surface area contributed by atoms with Crippen molar-refractivity contribution < 1.29 is 13.2 Å². The molecule has 0 fully saturated rings. The van der Waals surface area contributed by atoms with Crippen molar-refractivity contribution in [2.75, 3.05) is 7.05 Å². The van der Waals surface area contributed by atoms with Gasteiger partial charge in [0.05, 0.1) is 5.56 Å². The molecule has 1 rings (SSSR count). The molecule has 0 aliphatic heterocycles. The van der Waals surface area contributed by atoms with E-state index in [1.165, 1.54) is 12.1 Å². The van der Waals surface area contributed by atoms with Crippen LogP contribution in [0.2, 0.25) is 0 Å². The average Bonchev–Trinajstić information content (AvgIpc) is 2.34. The second kappa shape index (κ2) is 6.97. The minimum absolute atomic E-state index is 0.155. The molecule has 1 nitrogen and oxygen atoms in total. The van der Waals surface area contributed by atoms with Gasteiger partial charge in [0.25, 0.3) is 0 Å². The predicted molar refractivity (Wildman–Crippen MR) is 73.6 cm³/mol. The molecule has 0 radical (unpaired) electrons. The topological polar surface area (TPSA) is 12.0 Å². The second-order valence-corrected chi connectivity index (χ2v) is 4.90. The summed E-state index contributed by atoms with van der Waals surface area (Å²) in [5.74, 6) is 5.70. The lowest BCUT2D eigenvalue weighted by Crippen LogP contribution is -2.18. The summed E-state index contributed by atoms with van der Waals surface area (Å²) in [4.78, 5) is 0. The van der Waals surface area contributed by atoms with Gasteiger partial charge in [-0.1, -0.05) is 15.9 Å². The third-order valence-corrected chi connectivity index (χ3v) is 3.50. The fourth-order valence-corrected chi connectivity index (χ4v) is 2.31. The summed E-state index contributed by atoms with van der Waals surface area (Å²) in [7, 11) is 1.73. The molecule has 0 heterocycles. The second-order valence-electron chi connectivity index (χ2n) is 4.04. The molecule has 0 saturated carbocycles. The van der Waals surface area contributed by atoms with Gasteiger partial charge in [-0.3, -0.25) is 0 Å². The number of hydrogen-bond donors (Lipinski definition) is 1. The number of rotatable bonds is 4. The van der Waals surface area contributed by atoms with Crippen molar-refractivity contribution in [2.45, 2.75) is 32.0 Å². The maximum absolute atomic E-state index is 12.7. The number of nitrogens with one attached hydrogen (secondary N) is 1. The molecule has 0 bridgehead atoms. The van der Waals surface area contributed by atoms with E-state index in [0.29, 0.717) is 22.9 Å². The van der Waals surface area contributed by atoms with E-state index in [1.54, 1.807) is 14.0 Å². The summed E-state index contributed by atoms with van der Waals surface area (Å²) in [5.41, 5.74) is -0.0252. The molecule has 0 spiro atoms. The largest absolute Gasteiger partial charge is 0.416 e. The highest BCUT2D eigenvalue weighted by Gasteiger charge is 2.31. The van der Waals surface area contributed by atoms with E-state index in [2.05, 4.69) is 33.1 Å². The first-order chi connectivity index (χ1) is 8.90. The quantitative estimate of drug-likeness (QED) is 0.798. The van der Waals surface area contributed by atoms with E-state index in [9.17, 15) is 13.2 Å². The normalized spacial score (nSPS) is 12.7. The van der Waals surface area contributed by atoms with E-state index >= 15 is 0 Å². The molecule has 1 atom stereocenters. The highest BCUT2D eigenvalue weighted by atomic mass is 79.9. The van der Waals surface area contributed by atoms with Crippen molar-refractivity contribution in [3.8, 4) is 11.8 Å². The van der Waals surface area contributed by atoms with Crippen molar-refractivity contribution in [2.24, 2.45) is 0 Å². The Morgan fingerprint density at radius 2 is 2.05 bits per heavy atom. The van der Waals surface area contributed by atoms with Gasteiger partial charge in [0.1, 0.15) is 0 Å². The molecule has 5 heteroatoms. The van der Waals surface area contributed by atoms with Crippen molar-refractivity contribution in [3.63, 3.8) is 0 Å². The van der Waals surface area contributed by atoms with Crippen LogP contribution in [-0.4, -0.2) is 7.05 Å². The van der Waals surface area contributed by atoms with Crippen molar-refractivity contribution in [3.05, 3.63) is 33.8 Å². The van der Waals surface area contributed by atoms with Gasteiger partial charge in [-0.2, -0.15) is 13.2 Å². The molecule has 19 heavy (non-hydrogen) atoms. The molecule has 104 valence electrons. The maximum atomic E-state index is 12.7. The fraction of sp³-hybridized carbons (Fsp3) is 0.429. The SMILES string of the molecule is CC#CCCC(NC)c1cc(C(F)(F)F)ccc1Br. The molecule has 1 aromatic rings. The number of benzene rings is 1. The van der Waals surface area contributed by atoms with E-state index in [1.807, 2.05) is 0 Å². The van der Waals surface area contributed by atoms with Gasteiger partial charge in [0, 0.05) is 16.9 Å². The summed E-state index contributed by atoms with van der Waals surface area (Å²) >= 11 is 3.30. The van der Waals surface area contributed by atoms with Crippen LogP contribution in [0.3, 0.4) is 0 Å². The average molecular weight is 334 g/mol. The first-order valence-corrected chi connectivity index (χ1v) is 6.63. The van der Waals surface area contributed by atoms with Crippen LogP contribution in [-0.2, 0) is 6.18 Å². The molecular weight excluding hydrogens is 319 g/mol. The van der Waals surface area contributed by atoms with Crippen molar-refractivity contribution in [1.29, 1.82) is 0 Å². The van der Waals surface area contributed by atoms with Gasteiger partial charge < -0.3 is 5.32 Å². The van der Waals surface area contributed by atoms with Crippen LogP contribution in [0.4, 0.5) is 13.2 Å². The molecule has 1 N–H and O–H groups in total. The van der Waals surface area contributed by atoms with Crippen LogP contribution < -0.4 is 5.32 Å². The molecule has 0 aliphatic carbocycles. The minimum atomic E-state index is -4.32. The number of halogens is 4. The Morgan fingerprint density at radius 3 is 2.58 bits per heavy atom. The van der Waals surface area contributed by atoms with Crippen LogP contribution in [0.1, 0.15) is 36.9 Å². The zero-order valence-electron chi connectivity index (χ0n) is 10.7. The molecular formula is C14H15BrF3N. The Bertz CT molecular complexity index is 486. The van der Waals surface area contributed by atoms with Crippen molar-refractivity contribution in [1.82, 2.24) is 5.32 Å². The van der Waals surface area contributed by atoms with E-state index < -0.39 is 11.7 Å². The Balaban J connectivity index is 3.04. The summed E-state index contributed by atoms with van der Waals surface area (Å²) in [6, 6.07) is 3.54. The van der Waals surface area contributed by atoms with E-state index in [0.717, 1.165) is 6.07 Å². The highest BCUT2D eigenvalue weighted by Crippen LogP contribution is 2.34. The zero-order chi connectivity index (χ0) is 14.5. The van der Waals surface area contributed by atoms with E-state index in [4.69, 9.17) is 0 Å². The molecule has 1 aromatic carbocycles. The monoisotopic (exact) mass is 333 g/mol. The van der Waals surface area contributed by atoms with Gasteiger partial charge in [0.15, 0.2) is 0 Å². The number of hydrogen-bond acceptors (Lipinski definition) is 1. The smallest absolute Gasteiger partial charge is 0.313 e. The molecule has 0 amide bonds. The van der Waals surface area contributed by atoms with Crippen LogP contribution in [0, 0.1) is 11.8 Å². The van der Waals surface area contributed by atoms with Gasteiger partial charge in [-0.25, -0.2) is 0 Å². The zero-order valence-corrected chi connectivity index (χ0v) is 12.3. The maximum Gasteiger partial charge on any atom is 0.416 e. The molecule has 0 aliphatic rings. The highest BCUT2D eigenvalue weighted by molar-refractivity contribution is 9.10. The summed E-state index contributed by atoms with van der Waals surface area (Å²) in [5, 5.41) is 3.03. The van der Waals surface area contributed by atoms with Crippen LogP contribution in [0.25, 0.3) is 0 Å². The Hall–Kier alpha value is -0.990. The van der Waals surface area contributed by atoms with Crippen LogP contribution >= 0.6 is 15.9 Å². The Morgan fingerprint density at radius 1 is 1.37 bits per heavy atom. The summed E-state index contributed by atoms with van der Waals surface area (Å²) in [6.45, 7) is 1.74. The lowest BCUT2D eigenvalue weighted by Gasteiger charge is -2.19. The molecule has 0 aromatic heterocycles. The van der Waals surface area contributed by atoms with Gasteiger partial charge in [-0.15, -0.1) is 11.8 Å². The fourth-order valence-electron chi connectivity index (χ4n) is 1.78. The lowest BCUT2D eigenvalue weighted by molar-refractivity contribution is -0.137. The van der Waals surface area contributed by atoms with Gasteiger partial charge in [-0.05, 0) is 44.2 Å². The number of alkyl halides is 3. The first-order valence-electron chi connectivity index (χ1n) is 5.83. The standard InChI is InChI=1S/C14H15BrF3N/c1-3-4-5-6-13(19-2)11-9-10(14(16,17)18)7-8-12(11)15/h7-9,13,19H,5-6H2,1-2H3. The predicted octanol–water partition coefficient (Wildman–Crippen LogP) is 4.53. The van der Waals surface area contributed by atoms with E-state index in [-0.39, 0.29) is 6.04 Å². The lowest BCUT2D eigenvalue weighted by atomic mass is 10.00. The minimum Gasteiger partial charge on any atom is -0.313 e. The van der Waals surface area contributed by atoms with Gasteiger partial charge in [0.2, 0.25) is 0 Å². The first kappa shape index (κ1) is 16.1. The van der Waals surface area contributed by atoms with Crippen LogP contribution in [0.5, 0.6) is 0 Å². The summed E-state index contributed by atoms with van der Waals surface area (Å²) < 4.78 is 38.8. The van der Waals surface area contributed by atoms with Crippen LogP contribution in [0.15, 0.2) is 22.7 Å². The molecule has 0 saturated heterocycles.